The third-order valence-corrected chi connectivity index (χ3v) is 3.58. The van der Waals surface area contributed by atoms with E-state index in [9.17, 15) is 4.79 Å². The molecule has 0 aliphatic carbocycles. The highest BCUT2D eigenvalue weighted by atomic mass is 35.5. The minimum atomic E-state index is -0.0146. The molecule has 0 atom stereocenters. The van der Waals surface area contributed by atoms with E-state index in [1.807, 2.05) is 36.1 Å². The van der Waals surface area contributed by atoms with Crippen LogP contribution in [0.5, 0.6) is 0 Å². The number of nitrogen functional groups attached to an aromatic ring is 1. The fourth-order valence-electron chi connectivity index (χ4n) is 2.17. The van der Waals surface area contributed by atoms with Gasteiger partial charge in [0.25, 0.3) is 5.91 Å². The lowest BCUT2D eigenvalue weighted by molar-refractivity contribution is 0.0827. The molecule has 0 aliphatic heterocycles. The third-order valence-electron chi connectivity index (χ3n) is 3.38. The molecule has 0 radical (unpaired) electrons. The van der Waals surface area contributed by atoms with Crippen molar-refractivity contribution in [2.75, 3.05) is 31.3 Å². The SMILES string of the molecule is CCN(Cc1ccc(C(=O)N(C)C)cc1)c1cc(Cl)nc(N)n1. The number of hydrogen-bond donors (Lipinski definition) is 1. The molecule has 0 fully saturated rings. The zero-order valence-corrected chi connectivity index (χ0v) is 14.2. The number of carbonyl (C=O) groups is 1. The largest absolute Gasteiger partial charge is 0.368 e. The summed E-state index contributed by atoms with van der Waals surface area (Å²) in [5.41, 5.74) is 7.38. The highest BCUT2D eigenvalue weighted by molar-refractivity contribution is 6.29. The second kappa shape index (κ2) is 7.28. The average molecular weight is 334 g/mol. The summed E-state index contributed by atoms with van der Waals surface area (Å²) in [4.78, 5) is 23.6. The molecule has 1 aromatic carbocycles. The summed E-state index contributed by atoms with van der Waals surface area (Å²) in [6, 6.07) is 9.21. The van der Waals surface area contributed by atoms with Crippen molar-refractivity contribution < 1.29 is 4.79 Å². The molecule has 2 rings (SSSR count). The summed E-state index contributed by atoms with van der Waals surface area (Å²) in [6.45, 7) is 3.40. The molecule has 0 saturated heterocycles. The number of rotatable bonds is 5. The first-order valence-electron chi connectivity index (χ1n) is 7.26. The Morgan fingerprint density at radius 1 is 1.22 bits per heavy atom. The minimum Gasteiger partial charge on any atom is -0.368 e. The van der Waals surface area contributed by atoms with E-state index in [0.29, 0.717) is 23.1 Å². The van der Waals surface area contributed by atoms with Gasteiger partial charge in [0, 0.05) is 38.8 Å². The van der Waals surface area contributed by atoms with Gasteiger partial charge >= 0.3 is 0 Å². The van der Waals surface area contributed by atoms with Gasteiger partial charge in [-0.05, 0) is 24.6 Å². The number of halogens is 1. The van der Waals surface area contributed by atoms with Crippen LogP contribution >= 0.6 is 11.6 Å². The summed E-state index contributed by atoms with van der Waals surface area (Å²) in [7, 11) is 3.47. The molecular formula is C16H20ClN5O. The topological polar surface area (TPSA) is 75.4 Å². The maximum Gasteiger partial charge on any atom is 0.253 e. The van der Waals surface area contributed by atoms with Crippen LogP contribution in [0.2, 0.25) is 5.15 Å². The number of nitrogens with two attached hydrogens (primary N) is 1. The van der Waals surface area contributed by atoms with E-state index in [1.54, 1.807) is 25.1 Å². The minimum absolute atomic E-state index is 0.0146. The highest BCUT2D eigenvalue weighted by Gasteiger charge is 2.11. The van der Waals surface area contributed by atoms with E-state index in [0.717, 1.165) is 12.1 Å². The van der Waals surface area contributed by atoms with Gasteiger partial charge in [-0.15, -0.1) is 0 Å². The van der Waals surface area contributed by atoms with Crippen molar-refractivity contribution in [3.8, 4) is 0 Å². The number of anilines is 2. The Kier molecular flexibility index (Phi) is 5.39. The van der Waals surface area contributed by atoms with Crippen molar-refractivity contribution in [1.82, 2.24) is 14.9 Å². The Balaban J connectivity index is 2.17. The number of amides is 1. The van der Waals surface area contributed by atoms with Crippen molar-refractivity contribution in [2.45, 2.75) is 13.5 Å². The monoisotopic (exact) mass is 333 g/mol. The van der Waals surface area contributed by atoms with Crippen molar-refractivity contribution in [3.63, 3.8) is 0 Å². The van der Waals surface area contributed by atoms with E-state index >= 15 is 0 Å². The van der Waals surface area contributed by atoms with Gasteiger partial charge in [0.1, 0.15) is 11.0 Å². The second-order valence-electron chi connectivity index (χ2n) is 5.32. The van der Waals surface area contributed by atoms with Crippen LogP contribution in [0.15, 0.2) is 30.3 Å². The number of aromatic nitrogens is 2. The first-order valence-corrected chi connectivity index (χ1v) is 7.64. The first kappa shape index (κ1) is 17.0. The average Bonchev–Trinajstić information content (AvgIpc) is 2.51. The van der Waals surface area contributed by atoms with Gasteiger partial charge in [-0.25, -0.2) is 4.98 Å². The molecule has 23 heavy (non-hydrogen) atoms. The number of carbonyl (C=O) groups excluding carboxylic acids is 1. The lowest BCUT2D eigenvalue weighted by Gasteiger charge is -2.22. The Labute approximate surface area is 140 Å². The zero-order chi connectivity index (χ0) is 17.0. The molecule has 1 aromatic heterocycles. The molecule has 1 amide bonds. The number of hydrogen-bond acceptors (Lipinski definition) is 5. The summed E-state index contributed by atoms with van der Waals surface area (Å²) in [6.07, 6.45) is 0. The van der Waals surface area contributed by atoms with E-state index in [2.05, 4.69) is 9.97 Å². The van der Waals surface area contributed by atoms with Gasteiger partial charge in [-0.3, -0.25) is 4.79 Å². The molecular weight excluding hydrogens is 314 g/mol. The van der Waals surface area contributed by atoms with Gasteiger partial charge < -0.3 is 15.5 Å². The normalized spacial score (nSPS) is 10.4. The van der Waals surface area contributed by atoms with Crippen LogP contribution in [0, 0.1) is 0 Å². The van der Waals surface area contributed by atoms with Crippen LogP contribution in [-0.4, -0.2) is 41.4 Å². The van der Waals surface area contributed by atoms with Crippen molar-refractivity contribution in [3.05, 3.63) is 46.6 Å². The molecule has 0 aliphatic rings. The Bertz CT molecular complexity index is 667. The van der Waals surface area contributed by atoms with Crippen LogP contribution < -0.4 is 10.6 Å². The molecule has 2 N–H and O–H groups in total. The maximum absolute atomic E-state index is 11.9. The Morgan fingerprint density at radius 3 is 2.39 bits per heavy atom. The molecule has 0 unspecified atom stereocenters. The molecule has 122 valence electrons. The van der Waals surface area contributed by atoms with E-state index in [1.165, 1.54) is 0 Å². The molecule has 0 spiro atoms. The van der Waals surface area contributed by atoms with Crippen LogP contribution in [0.3, 0.4) is 0 Å². The number of nitrogens with zero attached hydrogens (tertiary/aromatic N) is 4. The summed E-state index contributed by atoms with van der Waals surface area (Å²) < 4.78 is 0. The fourth-order valence-corrected chi connectivity index (χ4v) is 2.36. The molecule has 2 aromatic rings. The van der Waals surface area contributed by atoms with Gasteiger partial charge in [-0.1, -0.05) is 23.7 Å². The lowest BCUT2D eigenvalue weighted by Crippen LogP contribution is -2.24. The summed E-state index contributed by atoms with van der Waals surface area (Å²) in [5.74, 6) is 0.815. The van der Waals surface area contributed by atoms with Gasteiger partial charge in [0.2, 0.25) is 5.95 Å². The second-order valence-corrected chi connectivity index (χ2v) is 5.70. The van der Waals surface area contributed by atoms with Crippen molar-refractivity contribution in [2.24, 2.45) is 0 Å². The highest BCUT2D eigenvalue weighted by Crippen LogP contribution is 2.19. The lowest BCUT2D eigenvalue weighted by atomic mass is 10.1. The number of benzene rings is 1. The molecule has 0 saturated carbocycles. The Morgan fingerprint density at radius 2 is 1.87 bits per heavy atom. The van der Waals surface area contributed by atoms with E-state index in [-0.39, 0.29) is 11.9 Å². The molecule has 7 heteroatoms. The van der Waals surface area contributed by atoms with Crippen LogP contribution in [0.4, 0.5) is 11.8 Å². The molecule has 0 bridgehead atoms. The quantitative estimate of drug-likeness (QED) is 0.850. The Hall–Kier alpha value is -2.34. The van der Waals surface area contributed by atoms with Gasteiger partial charge in [0.05, 0.1) is 0 Å². The zero-order valence-electron chi connectivity index (χ0n) is 13.5. The van der Waals surface area contributed by atoms with Crippen LogP contribution in [0.1, 0.15) is 22.8 Å². The predicted octanol–water partition coefficient (Wildman–Crippen LogP) is 2.44. The van der Waals surface area contributed by atoms with Gasteiger partial charge in [-0.2, -0.15) is 4.98 Å². The van der Waals surface area contributed by atoms with Crippen LogP contribution in [-0.2, 0) is 6.54 Å². The fraction of sp³-hybridized carbons (Fsp3) is 0.312. The maximum atomic E-state index is 11.9. The van der Waals surface area contributed by atoms with Crippen molar-refractivity contribution in [1.29, 1.82) is 0 Å². The van der Waals surface area contributed by atoms with Gasteiger partial charge in [0.15, 0.2) is 0 Å². The standard InChI is InChI=1S/C16H20ClN5O/c1-4-22(14-9-13(17)19-16(18)20-14)10-11-5-7-12(8-6-11)15(23)21(2)3/h5-9H,4,10H2,1-3H3,(H2,18,19,20). The van der Waals surface area contributed by atoms with E-state index < -0.39 is 0 Å². The summed E-state index contributed by atoms with van der Waals surface area (Å²) in [5, 5.41) is 0.317. The van der Waals surface area contributed by atoms with E-state index in [4.69, 9.17) is 17.3 Å². The molecule has 1 heterocycles. The third kappa shape index (κ3) is 4.32. The smallest absolute Gasteiger partial charge is 0.253 e. The van der Waals surface area contributed by atoms with Crippen molar-refractivity contribution >= 4 is 29.3 Å². The van der Waals surface area contributed by atoms with Crippen LogP contribution in [0.25, 0.3) is 0 Å². The molecule has 6 nitrogen and oxygen atoms in total. The predicted molar refractivity (Wildman–Crippen MR) is 92.6 cm³/mol. The first-order chi connectivity index (χ1) is 10.9. The summed E-state index contributed by atoms with van der Waals surface area (Å²) >= 11 is 5.94.